The van der Waals surface area contributed by atoms with Crippen molar-refractivity contribution in [1.29, 1.82) is 5.26 Å². The molecule has 0 spiro atoms. The molecule has 8 nitrogen and oxygen atoms in total. The second kappa shape index (κ2) is 7.48. The van der Waals surface area contributed by atoms with E-state index in [2.05, 4.69) is 21.6 Å². The Balaban J connectivity index is 1.32. The van der Waals surface area contributed by atoms with Gasteiger partial charge in [-0.1, -0.05) is 23.9 Å². The molecule has 4 rings (SSSR count). The van der Waals surface area contributed by atoms with E-state index in [1.54, 1.807) is 0 Å². The van der Waals surface area contributed by atoms with Gasteiger partial charge in [0.1, 0.15) is 12.1 Å². The minimum absolute atomic E-state index is 0.107. The molecule has 140 valence electrons. The molecular formula is C18H18N4O4S. The third-order valence-electron chi connectivity index (χ3n) is 4.58. The largest absolute Gasteiger partial charge is 0.485 e. The topological polar surface area (TPSA) is 110 Å². The van der Waals surface area contributed by atoms with Gasteiger partial charge in [0.05, 0.1) is 11.8 Å². The van der Waals surface area contributed by atoms with Crippen LogP contribution in [-0.4, -0.2) is 34.0 Å². The summed E-state index contributed by atoms with van der Waals surface area (Å²) < 4.78 is 17.1. The van der Waals surface area contributed by atoms with Crippen molar-refractivity contribution in [3.63, 3.8) is 0 Å². The Bertz CT molecular complexity index is 872. The summed E-state index contributed by atoms with van der Waals surface area (Å²) in [6.45, 7) is 0.272. The van der Waals surface area contributed by atoms with E-state index < -0.39 is 11.6 Å². The molecule has 1 N–H and O–H groups in total. The van der Waals surface area contributed by atoms with Gasteiger partial charge in [-0.3, -0.25) is 4.79 Å². The first-order valence-corrected chi connectivity index (χ1v) is 9.73. The fourth-order valence-corrected chi connectivity index (χ4v) is 3.79. The minimum Gasteiger partial charge on any atom is -0.485 e. The van der Waals surface area contributed by atoms with Crippen LogP contribution < -0.4 is 14.8 Å². The van der Waals surface area contributed by atoms with Crippen LogP contribution in [0, 0.1) is 11.3 Å². The van der Waals surface area contributed by atoms with Crippen LogP contribution in [0.2, 0.25) is 0 Å². The van der Waals surface area contributed by atoms with Gasteiger partial charge in [-0.05, 0) is 37.8 Å². The SMILES string of the molecule is N#CC1(NC(=O)CSc2nnc([C@@H]3COc4ccccc4O3)o2)CCCC1. The zero-order valence-electron chi connectivity index (χ0n) is 14.5. The van der Waals surface area contributed by atoms with Crippen LogP contribution in [0.15, 0.2) is 33.9 Å². The lowest BCUT2D eigenvalue weighted by molar-refractivity contribution is -0.119. The number of benzene rings is 1. The number of para-hydroxylation sites is 2. The number of nitrogens with one attached hydrogen (secondary N) is 1. The van der Waals surface area contributed by atoms with Gasteiger partial charge >= 0.3 is 0 Å². The summed E-state index contributed by atoms with van der Waals surface area (Å²) in [5.74, 6) is 1.50. The number of nitrogens with zero attached hydrogens (tertiary/aromatic N) is 3. The second-order valence-corrected chi connectivity index (χ2v) is 7.43. The normalized spacial score (nSPS) is 20.0. The monoisotopic (exact) mass is 386 g/mol. The Morgan fingerprint density at radius 1 is 1.30 bits per heavy atom. The van der Waals surface area contributed by atoms with Crippen LogP contribution in [0.5, 0.6) is 11.5 Å². The quantitative estimate of drug-likeness (QED) is 0.781. The summed E-state index contributed by atoms with van der Waals surface area (Å²) in [4.78, 5) is 12.2. The molecule has 2 aliphatic rings. The number of fused-ring (bicyclic) bond motifs is 1. The van der Waals surface area contributed by atoms with Crippen molar-refractivity contribution < 1.29 is 18.7 Å². The Labute approximate surface area is 160 Å². The Kier molecular flexibility index (Phi) is 4.90. The Morgan fingerprint density at radius 2 is 2.07 bits per heavy atom. The van der Waals surface area contributed by atoms with Crippen LogP contribution in [0.1, 0.15) is 37.7 Å². The lowest BCUT2D eigenvalue weighted by Crippen LogP contribution is -2.45. The fourth-order valence-electron chi connectivity index (χ4n) is 3.22. The molecule has 1 atom stereocenters. The average molecular weight is 386 g/mol. The zero-order chi connectivity index (χ0) is 18.7. The highest BCUT2D eigenvalue weighted by molar-refractivity contribution is 7.99. The van der Waals surface area contributed by atoms with E-state index >= 15 is 0 Å². The molecular weight excluding hydrogens is 368 g/mol. The van der Waals surface area contributed by atoms with Gasteiger partial charge in [0.2, 0.25) is 12.0 Å². The van der Waals surface area contributed by atoms with Crippen molar-refractivity contribution in [2.45, 2.75) is 42.5 Å². The smallest absolute Gasteiger partial charge is 0.277 e. The standard InChI is InChI=1S/C18H18N4O4S/c19-11-18(7-3-4-8-18)20-15(23)10-27-17-22-21-16(26-17)14-9-24-12-5-1-2-6-13(12)25-14/h1-2,5-6,14H,3-4,7-10H2,(H,20,23)/t14-/m0/s1. The maximum absolute atomic E-state index is 12.2. The maximum atomic E-state index is 12.2. The van der Waals surface area contributed by atoms with Crippen LogP contribution >= 0.6 is 11.8 Å². The number of aromatic nitrogens is 2. The summed E-state index contributed by atoms with van der Waals surface area (Å²) in [6.07, 6.45) is 2.83. The van der Waals surface area contributed by atoms with Gasteiger partial charge in [0.25, 0.3) is 11.1 Å². The van der Waals surface area contributed by atoms with E-state index in [1.165, 1.54) is 0 Å². The van der Waals surface area contributed by atoms with E-state index in [1.807, 2.05) is 24.3 Å². The molecule has 0 saturated heterocycles. The average Bonchev–Trinajstić information content (AvgIpc) is 3.36. The van der Waals surface area contributed by atoms with Gasteiger partial charge in [0.15, 0.2) is 11.5 Å². The summed E-state index contributed by atoms with van der Waals surface area (Å²) in [7, 11) is 0. The summed E-state index contributed by atoms with van der Waals surface area (Å²) in [5, 5.41) is 20.4. The van der Waals surface area contributed by atoms with E-state index in [-0.39, 0.29) is 23.5 Å². The number of hydrogen-bond donors (Lipinski definition) is 1. The third kappa shape index (κ3) is 3.85. The number of nitriles is 1. The molecule has 1 saturated carbocycles. The number of ether oxygens (including phenoxy) is 2. The molecule has 0 bridgehead atoms. The molecule has 2 aromatic rings. The number of carbonyl (C=O) groups excluding carboxylic acids is 1. The van der Waals surface area contributed by atoms with Gasteiger partial charge in [-0.25, -0.2) is 0 Å². The molecule has 9 heteroatoms. The zero-order valence-corrected chi connectivity index (χ0v) is 15.3. The first-order chi connectivity index (χ1) is 13.2. The van der Waals surface area contributed by atoms with Crippen molar-refractivity contribution in [3.8, 4) is 17.6 Å². The molecule has 1 aliphatic heterocycles. The molecule has 2 heterocycles. The van der Waals surface area contributed by atoms with Crippen LogP contribution in [0.4, 0.5) is 0 Å². The van der Waals surface area contributed by atoms with Gasteiger partial charge in [-0.15, -0.1) is 10.2 Å². The highest BCUT2D eigenvalue weighted by atomic mass is 32.2. The highest BCUT2D eigenvalue weighted by Gasteiger charge is 2.35. The van der Waals surface area contributed by atoms with Crippen LogP contribution in [-0.2, 0) is 4.79 Å². The number of thioether (sulfide) groups is 1. The maximum Gasteiger partial charge on any atom is 0.277 e. The minimum atomic E-state index is -0.724. The van der Waals surface area contributed by atoms with Crippen molar-refractivity contribution >= 4 is 17.7 Å². The van der Waals surface area contributed by atoms with Crippen LogP contribution in [0.25, 0.3) is 0 Å². The summed E-state index contributed by atoms with van der Waals surface area (Å²) in [6, 6.07) is 9.61. The van der Waals surface area contributed by atoms with Gasteiger partial charge < -0.3 is 19.2 Å². The Hall–Kier alpha value is -2.73. The molecule has 1 fully saturated rings. The molecule has 1 aromatic heterocycles. The van der Waals surface area contributed by atoms with Crippen LogP contribution in [0.3, 0.4) is 0 Å². The van der Waals surface area contributed by atoms with Crippen molar-refractivity contribution in [1.82, 2.24) is 15.5 Å². The molecule has 27 heavy (non-hydrogen) atoms. The van der Waals surface area contributed by atoms with E-state index in [0.717, 1.165) is 24.6 Å². The lowest BCUT2D eigenvalue weighted by atomic mass is 10.0. The molecule has 0 unspecified atom stereocenters. The molecule has 1 aliphatic carbocycles. The van der Waals surface area contributed by atoms with Crippen molar-refractivity contribution in [2.75, 3.05) is 12.4 Å². The van der Waals surface area contributed by atoms with Crippen molar-refractivity contribution in [3.05, 3.63) is 30.2 Å². The highest BCUT2D eigenvalue weighted by Crippen LogP contribution is 2.36. The molecule has 0 radical (unpaired) electrons. The predicted molar refractivity (Wildman–Crippen MR) is 95.3 cm³/mol. The summed E-state index contributed by atoms with van der Waals surface area (Å²) >= 11 is 1.13. The second-order valence-electron chi connectivity index (χ2n) is 6.51. The molecule has 1 amide bonds. The predicted octanol–water partition coefficient (Wildman–Crippen LogP) is 2.63. The van der Waals surface area contributed by atoms with Gasteiger partial charge in [0, 0.05) is 0 Å². The van der Waals surface area contributed by atoms with E-state index in [9.17, 15) is 10.1 Å². The number of rotatable bonds is 5. The first-order valence-electron chi connectivity index (χ1n) is 8.74. The van der Waals surface area contributed by atoms with E-state index in [0.29, 0.717) is 30.2 Å². The number of hydrogen-bond acceptors (Lipinski definition) is 8. The van der Waals surface area contributed by atoms with Crippen molar-refractivity contribution in [2.24, 2.45) is 0 Å². The first kappa shape index (κ1) is 17.7. The number of carbonyl (C=O) groups is 1. The lowest BCUT2D eigenvalue weighted by Gasteiger charge is -2.23. The Morgan fingerprint density at radius 3 is 2.85 bits per heavy atom. The fraction of sp³-hybridized carbons (Fsp3) is 0.444. The number of amides is 1. The third-order valence-corrected chi connectivity index (χ3v) is 5.40. The van der Waals surface area contributed by atoms with E-state index in [4.69, 9.17) is 13.9 Å². The molecule has 1 aromatic carbocycles. The summed E-state index contributed by atoms with van der Waals surface area (Å²) in [5.41, 5.74) is -0.724. The van der Waals surface area contributed by atoms with Gasteiger partial charge in [-0.2, -0.15) is 5.26 Å².